The molecule has 426 valence electrons. The second-order valence-electron chi connectivity index (χ2n) is 26.6. The van der Waals surface area contributed by atoms with E-state index >= 15 is 0 Å². The van der Waals surface area contributed by atoms with E-state index in [1.54, 1.807) is 0 Å². The Kier molecular flexibility index (Phi) is 12.9. The summed E-state index contributed by atoms with van der Waals surface area (Å²) >= 11 is 0. The van der Waals surface area contributed by atoms with Crippen molar-refractivity contribution in [3.63, 3.8) is 0 Å². The zero-order valence-corrected chi connectivity index (χ0v) is 52.6. The van der Waals surface area contributed by atoms with Crippen LogP contribution in [0.2, 0.25) is 0 Å². The number of fused-ring (bicyclic) bond motifs is 15. The Morgan fingerprint density at radius 3 is 1.70 bits per heavy atom. The van der Waals surface area contributed by atoms with E-state index in [0.717, 1.165) is 61.7 Å². The molecule has 0 amide bonds. The van der Waals surface area contributed by atoms with Crippen LogP contribution in [-0.4, -0.2) is 9.55 Å². The van der Waals surface area contributed by atoms with Gasteiger partial charge in [0, 0.05) is 72.5 Å². The number of nitrogens with zero attached hydrogens (tertiary/aromatic N) is 4. The van der Waals surface area contributed by atoms with Crippen molar-refractivity contribution >= 4 is 44.6 Å². The average molecular weight is 1300 g/mol. The molecular weight excluding hydrogens is 1230 g/mol. The van der Waals surface area contributed by atoms with E-state index < -0.39 is 5.41 Å². The summed E-state index contributed by atoms with van der Waals surface area (Å²) in [5.74, 6) is 2.00. The second kappa shape index (κ2) is 20.2. The standard InChI is InChI=1S/C80H67N4O.Pt/c1-50-34-38-69-72(42-50)83(76-59(51-22-12-11-13-23-51)29-21-30-60(76)52-43-54(78(5,6)7)45-55(44-52)79(8,9)10)49-82(69)56-24-20-25-57(47-56)85-58-35-36-65-71(48-58)84(73-46-53(40-41-81-73)77(2,3)4)70-39-37-64-63-28-16-19-33-68(63)80(75(64)74(65)70)66-31-17-14-26-61(66)62-27-15-18-32-67(62)80;/h11-46,49H,1-10H3;/q-3;. The molecule has 3 heterocycles. The van der Waals surface area contributed by atoms with Crippen LogP contribution in [0.15, 0.2) is 219 Å². The zero-order chi connectivity index (χ0) is 58.3. The molecule has 15 rings (SSSR count). The summed E-state index contributed by atoms with van der Waals surface area (Å²) in [7, 11) is 0. The van der Waals surface area contributed by atoms with Gasteiger partial charge < -0.3 is 19.1 Å². The van der Waals surface area contributed by atoms with Gasteiger partial charge in [-0.1, -0.05) is 219 Å². The van der Waals surface area contributed by atoms with Crippen LogP contribution in [0.1, 0.15) is 107 Å². The quantitative estimate of drug-likeness (QED) is 0.149. The van der Waals surface area contributed by atoms with Crippen LogP contribution in [0.25, 0.3) is 72.1 Å². The maximum atomic E-state index is 7.03. The first-order chi connectivity index (χ1) is 40.9. The number of ether oxygens (including phenoxy) is 1. The van der Waals surface area contributed by atoms with Crippen molar-refractivity contribution in [1.29, 1.82) is 0 Å². The molecule has 0 atom stereocenters. The van der Waals surface area contributed by atoms with Gasteiger partial charge in [-0.3, -0.25) is 0 Å². The molecule has 0 saturated carbocycles. The van der Waals surface area contributed by atoms with E-state index in [9.17, 15) is 0 Å². The summed E-state index contributed by atoms with van der Waals surface area (Å²) in [6.07, 6.45) is 1.95. The molecule has 12 aromatic rings. The van der Waals surface area contributed by atoms with Crippen LogP contribution in [0.5, 0.6) is 11.5 Å². The van der Waals surface area contributed by atoms with Gasteiger partial charge in [0.2, 0.25) is 0 Å². The molecule has 5 nitrogen and oxygen atoms in total. The molecule has 2 aliphatic carbocycles. The topological polar surface area (TPSA) is 33.5 Å². The minimum absolute atomic E-state index is 0. The Morgan fingerprint density at radius 2 is 1.05 bits per heavy atom. The number of para-hydroxylation sites is 1. The number of hydrogen-bond donors (Lipinski definition) is 0. The Balaban J connectivity index is 0.00000653. The molecule has 2 aromatic heterocycles. The third kappa shape index (κ3) is 8.63. The van der Waals surface area contributed by atoms with E-state index in [1.807, 2.05) is 12.3 Å². The number of benzene rings is 10. The van der Waals surface area contributed by atoms with Gasteiger partial charge in [-0.15, -0.1) is 48.1 Å². The van der Waals surface area contributed by atoms with Crippen molar-refractivity contribution in [2.75, 3.05) is 9.80 Å². The van der Waals surface area contributed by atoms with E-state index in [4.69, 9.17) is 9.72 Å². The van der Waals surface area contributed by atoms with Crippen LogP contribution < -0.4 is 14.5 Å². The fraction of sp³-hybridized carbons (Fsp3) is 0.175. The van der Waals surface area contributed by atoms with Crippen LogP contribution >= 0.6 is 0 Å². The molecule has 0 bridgehead atoms. The molecule has 86 heavy (non-hydrogen) atoms. The van der Waals surface area contributed by atoms with Crippen LogP contribution in [0.3, 0.4) is 0 Å². The summed E-state index contributed by atoms with van der Waals surface area (Å²) in [6.45, 7) is 25.1. The number of hydrogen-bond acceptors (Lipinski definition) is 4. The van der Waals surface area contributed by atoms with Crippen LogP contribution in [-0.2, 0) is 42.7 Å². The third-order valence-electron chi connectivity index (χ3n) is 18.1. The summed E-state index contributed by atoms with van der Waals surface area (Å²) in [6, 6.07) is 85.8. The minimum Gasteiger partial charge on any atom is -0.509 e. The van der Waals surface area contributed by atoms with Gasteiger partial charge in [0.15, 0.2) is 0 Å². The number of pyridine rings is 1. The number of rotatable bonds is 7. The van der Waals surface area contributed by atoms with Crippen molar-refractivity contribution < 1.29 is 25.8 Å². The first-order valence-corrected chi connectivity index (χ1v) is 29.8. The monoisotopic (exact) mass is 1290 g/mol. The summed E-state index contributed by atoms with van der Waals surface area (Å²) in [5.41, 5.74) is 25.2. The van der Waals surface area contributed by atoms with Gasteiger partial charge in [-0.05, 0) is 137 Å². The van der Waals surface area contributed by atoms with Crippen LogP contribution in [0.4, 0.5) is 22.7 Å². The molecule has 1 spiro atoms. The average Bonchev–Trinajstić information content (AvgIpc) is 1.50. The molecule has 0 radical (unpaired) electrons. The Hall–Kier alpha value is -8.76. The zero-order valence-electron chi connectivity index (χ0n) is 50.4. The molecule has 0 saturated heterocycles. The molecule has 0 fully saturated rings. The number of aryl methyl sites for hydroxylation is 1. The van der Waals surface area contributed by atoms with Crippen molar-refractivity contribution in [3.8, 4) is 61.8 Å². The first kappa shape index (κ1) is 55.1. The van der Waals surface area contributed by atoms with Crippen molar-refractivity contribution in [2.45, 2.75) is 90.9 Å². The molecule has 0 N–H and O–H groups in total. The molecule has 1 aliphatic heterocycles. The van der Waals surface area contributed by atoms with Gasteiger partial charge in [0.25, 0.3) is 0 Å². The Morgan fingerprint density at radius 1 is 0.465 bits per heavy atom. The molecule has 6 heteroatoms. The predicted molar refractivity (Wildman–Crippen MR) is 352 cm³/mol. The smallest absolute Gasteiger partial charge is 0.135 e. The van der Waals surface area contributed by atoms with E-state index in [0.29, 0.717) is 11.5 Å². The Bertz CT molecular complexity index is 4610. The van der Waals surface area contributed by atoms with Crippen molar-refractivity contribution in [2.24, 2.45) is 0 Å². The van der Waals surface area contributed by atoms with Gasteiger partial charge in [-0.25, -0.2) is 4.98 Å². The minimum atomic E-state index is -0.555. The van der Waals surface area contributed by atoms with Crippen LogP contribution in [0, 0.1) is 25.7 Å². The van der Waals surface area contributed by atoms with Gasteiger partial charge in [-0.2, -0.15) is 12.1 Å². The summed E-state index contributed by atoms with van der Waals surface area (Å²) < 4.78 is 9.35. The number of anilines is 4. The molecule has 0 unspecified atom stereocenters. The summed E-state index contributed by atoms with van der Waals surface area (Å²) in [5, 5.41) is 2.27. The van der Waals surface area contributed by atoms with E-state index in [1.165, 1.54) is 77.7 Å². The predicted octanol–water partition coefficient (Wildman–Crippen LogP) is 20.9. The normalized spacial score (nSPS) is 13.8. The fourth-order valence-electron chi connectivity index (χ4n) is 13.8. The summed E-state index contributed by atoms with van der Waals surface area (Å²) in [4.78, 5) is 9.82. The molecule has 10 aromatic carbocycles. The van der Waals surface area contributed by atoms with Gasteiger partial charge >= 0.3 is 0 Å². The van der Waals surface area contributed by atoms with Gasteiger partial charge in [0.05, 0.1) is 5.41 Å². The molecule has 3 aliphatic rings. The first-order valence-electron chi connectivity index (χ1n) is 29.8. The SMILES string of the molecule is Cc1ccc2c(c1)N(c1c(-c3ccccc3)cccc1-c1cc(C(C)(C)C)cc(C(C)(C)C)c1)[CH-]N2c1[c-]c(Oc2[c-]c3c(cc2)c2c4c(ccc2n3-c2cc(C(C)(C)C)ccn2)-c2ccccc2C42c3ccccc3-c3ccccc32)ccc1.[Pt]. The third-order valence-corrected chi connectivity index (χ3v) is 18.1. The van der Waals surface area contributed by atoms with E-state index in [-0.39, 0.29) is 37.3 Å². The maximum Gasteiger partial charge on any atom is 0.135 e. The second-order valence-corrected chi connectivity index (χ2v) is 26.6. The molecular formula is C80H67N4OPt-3. The largest absolute Gasteiger partial charge is 0.509 e. The Labute approximate surface area is 520 Å². The maximum absolute atomic E-state index is 7.03. The van der Waals surface area contributed by atoms with Gasteiger partial charge in [0.1, 0.15) is 5.82 Å². The number of aromatic nitrogens is 2. The van der Waals surface area contributed by atoms with Crippen molar-refractivity contribution in [1.82, 2.24) is 9.55 Å². The fourth-order valence-corrected chi connectivity index (χ4v) is 13.8. The van der Waals surface area contributed by atoms with E-state index in [2.05, 4.69) is 309 Å². The van der Waals surface area contributed by atoms with Crippen molar-refractivity contribution in [3.05, 3.63) is 282 Å².